The van der Waals surface area contributed by atoms with E-state index >= 15 is 0 Å². The maximum atomic E-state index is 12.0. The summed E-state index contributed by atoms with van der Waals surface area (Å²) in [4.78, 5) is 12.0. The van der Waals surface area contributed by atoms with Gasteiger partial charge in [-0.25, -0.2) is 0 Å². The van der Waals surface area contributed by atoms with Crippen LogP contribution in [0.1, 0.15) is 38.5 Å². The number of halogens is 1. The molecule has 3 heterocycles. The number of amides is 1. The van der Waals surface area contributed by atoms with Crippen molar-refractivity contribution in [2.24, 2.45) is 5.92 Å². The molecule has 2 aliphatic rings. The second-order valence-corrected chi connectivity index (χ2v) is 6.15. The number of nitrogens with zero attached hydrogens (tertiary/aromatic N) is 2. The Morgan fingerprint density at radius 2 is 2.10 bits per heavy atom. The first kappa shape index (κ1) is 16.3. The quantitative estimate of drug-likeness (QED) is 0.787. The van der Waals surface area contributed by atoms with Gasteiger partial charge >= 0.3 is 0 Å². The van der Waals surface area contributed by atoms with Crippen LogP contribution >= 0.6 is 12.4 Å². The molecule has 0 saturated carbocycles. The summed E-state index contributed by atoms with van der Waals surface area (Å²) in [5.41, 5.74) is 0. The molecule has 0 spiro atoms. The van der Waals surface area contributed by atoms with E-state index in [4.69, 9.17) is 0 Å². The molecule has 0 aliphatic carbocycles. The lowest BCUT2D eigenvalue weighted by Gasteiger charge is -2.28. The number of carbonyl (C=O) groups is 1. The van der Waals surface area contributed by atoms with Crippen molar-refractivity contribution in [1.82, 2.24) is 20.4 Å². The molecule has 118 valence electrons. The van der Waals surface area contributed by atoms with Gasteiger partial charge in [0.1, 0.15) is 0 Å². The summed E-state index contributed by atoms with van der Waals surface area (Å²) in [5, 5.41) is 10.8. The number of aryl methyl sites for hydroxylation is 1. The topological polar surface area (TPSA) is 59.0 Å². The van der Waals surface area contributed by atoms with Crippen LogP contribution < -0.4 is 10.6 Å². The highest BCUT2D eigenvalue weighted by Gasteiger charge is 2.33. The van der Waals surface area contributed by atoms with Gasteiger partial charge in [-0.3, -0.25) is 9.48 Å². The van der Waals surface area contributed by atoms with E-state index in [-0.39, 0.29) is 18.3 Å². The second-order valence-electron chi connectivity index (χ2n) is 6.15. The number of rotatable bonds is 6. The average Bonchev–Trinajstić information content (AvgIpc) is 3.05. The van der Waals surface area contributed by atoms with Crippen LogP contribution in [0.2, 0.25) is 0 Å². The highest BCUT2D eigenvalue weighted by Crippen LogP contribution is 2.32. The Morgan fingerprint density at radius 3 is 2.76 bits per heavy atom. The highest BCUT2D eigenvalue weighted by atomic mass is 35.5. The van der Waals surface area contributed by atoms with Crippen LogP contribution in [-0.4, -0.2) is 34.3 Å². The lowest BCUT2D eigenvalue weighted by molar-refractivity contribution is -0.122. The summed E-state index contributed by atoms with van der Waals surface area (Å²) in [6, 6.07) is 3.27. The van der Waals surface area contributed by atoms with Crippen molar-refractivity contribution in [3.8, 4) is 0 Å². The third-order valence-electron chi connectivity index (χ3n) is 4.49. The Morgan fingerprint density at radius 1 is 1.33 bits per heavy atom. The minimum absolute atomic E-state index is 0. The Bertz CT molecular complexity index is 425. The summed E-state index contributed by atoms with van der Waals surface area (Å²) < 4.78 is 1.90. The third-order valence-corrected chi connectivity index (χ3v) is 4.49. The summed E-state index contributed by atoms with van der Waals surface area (Å²) in [7, 11) is 0. The average molecular weight is 313 g/mol. The number of hydrogen-bond acceptors (Lipinski definition) is 3. The van der Waals surface area contributed by atoms with Gasteiger partial charge < -0.3 is 10.6 Å². The van der Waals surface area contributed by atoms with E-state index in [1.165, 1.54) is 25.7 Å². The van der Waals surface area contributed by atoms with Crippen LogP contribution in [0.25, 0.3) is 0 Å². The molecule has 6 heteroatoms. The van der Waals surface area contributed by atoms with Crippen LogP contribution in [-0.2, 0) is 11.3 Å². The molecule has 2 aliphatic heterocycles. The molecule has 1 aromatic heterocycles. The number of hydrogen-bond donors (Lipinski definition) is 2. The van der Waals surface area contributed by atoms with E-state index in [1.807, 2.05) is 16.9 Å². The zero-order valence-electron chi connectivity index (χ0n) is 12.3. The molecule has 2 fully saturated rings. The van der Waals surface area contributed by atoms with Crippen LogP contribution in [0.3, 0.4) is 0 Å². The molecule has 1 aromatic rings. The lowest BCUT2D eigenvalue weighted by atomic mass is 9.89. The highest BCUT2D eigenvalue weighted by molar-refractivity contribution is 5.85. The van der Waals surface area contributed by atoms with Crippen molar-refractivity contribution in [2.75, 3.05) is 6.54 Å². The van der Waals surface area contributed by atoms with Crippen LogP contribution in [0.4, 0.5) is 0 Å². The Hall–Kier alpha value is -1.07. The minimum Gasteiger partial charge on any atom is -0.356 e. The lowest BCUT2D eigenvalue weighted by Crippen LogP contribution is -2.39. The first-order valence-corrected chi connectivity index (χ1v) is 7.80. The van der Waals surface area contributed by atoms with E-state index < -0.39 is 0 Å². The summed E-state index contributed by atoms with van der Waals surface area (Å²) in [6.45, 7) is 1.61. The number of carbonyl (C=O) groups excluding carboxylic acids is 1. The van der Waals surface area contributed by atoms with Gasteiger partial charge in [-0.1, -0.05) is 0 Å². The van der Waals surface area contributed by atoms with Gasteiger partial charge in [0.25, 0.3) is 0 Å². The standard InChI is InChI=1S/C15H24N4O.ClH/c20-15(16-5-1-7-19-8-2-6-17-19)11-12-9-13-3-4-14(10-12)18-13;/h2,6,8,12-14,18H,1,3-5,7,9-11H2,(H,16,20);1H. The molecule has 2 saturated heterocycles. The van der Waals surface area contributed by atoms with Gasteiger partial charge in [-0.15, -0.1) is 12.4 Å². The van der Waals surface area contributed by atoms with Crippen molar-refractivity contribution < 1.29 is 4.79 Å². The van der Waals surface area contributed by atoms with E-state index in [0.29, 0.717) is 24.4 Å². The normalized spacial score (nSPS) is 27.1. The van der Waals surface area contributed by atoms with E-state index in [2.05, 4.69) is 15.7 Å². The molecule has 0 aromatic carbocycles. The van der Waals surface area contributed by atoms with Crippen molar-refractivity contribution in [2.45, 2.75) is 57.2 Å². The molecular weight excluding hydrogens is 288 g/mol. The monoisotopic (exact) mass is 312 g/mol. The van der Waals surface area contributed by atoms with Crippen molar-refractivity contribution in [3.05, 3.63) is 18.5 Å². The van der Waals surface area contributed by atoms with Gasteiger partial charge in [0.15, 0.2) is 0 Å². The fraction of sp³-hybridized carbons (Fsp3) is 0.733. The molecule has 5 nitrogen and oxygen atoms in total. The predicted molar refractivity (Wildman–Crippen MR) is 84.4 cm³/mol. The van der Waals surface area contributed by atoms with Gasteiger partial charge in [-0.05, 0) is 44.1 Å². The Balaban J connectivity index is 0.00000161. The first-order valence-electron chi connectivity index (χ1n) is 7.80. The molecule has 2 bridgehead atoms. The van der Waals surface area contributed by atoms with Crippen molar-refractivity contribution >= 4 is 18.3 Å². The largest absolute Gasteiger partial charge is 0.356 e. The third kappa shape index (κ3) is 4.71. The summed E-state index contributed by atoms with van der Waals surface area (Å²) in [5.74, 6) is 0.802. The number of nitrogens with one attached hydrogen (secondary N) is 2. The van der Waals surface area contributed by atoms with E-state index in [0.717, 1.165) is 19.5 Å². The predicted octanol–water partition coefficient (Wildman–Crippen LogP) is 1.73. The molecule has 2 atom stereocenters. The number of aromatic nitrogens is 2. The fourth-order valence-corrected chi connectivity index (χ4v) is 3.58. The Labute approximate surface area is 132 Å². The van der Waals surface area contributed by atoms with Gasteiger partial charge in [0.05, 0.1) is 0 Å². The van der Waals surface area contributed by atoms with E-state index in [9.17, 15) is 4.79 Å². The maximum absolute atomic E-state index is 12.0. The Kier molecular flexibility index (Phi) is 6.06. The molecule has 21 heavy (non-hydrogen) atoms. The molecule has 2 N–H and O–H groups in total. The van der Waals surface area contributed by atoms with E-state index in [1.54, 1.807) is 6.20 Å². The molecule has 1 amide bonds. The molecule has 2 unspecified atom stereocenters. The zero-order chi connectivity index (χ0) is 13.8. The van der Waals surface area contributed by atoms with Gasteiger partial charge in [-0.2, -0.15) is 5.10 Å². The molecule has 0 radical (unpaired) electrons. The molecule has 3 rings (SSSR count). The zero-order valence-corrected chi connectivity index (χ0v) is 13.1. The van der Waals surface area contributed by atoms with Crippen molar-refractivity contribution in [3.63, 3.8) is 0 Å². The minimum atomic E-state index is 0. The van der Waals surface area contributed by atoms with Crippen LogP contribution in [0.5, 0.6) is 0 Å². The smallest absolute Gasteiger partial charge is 0.220 e. The van der Waals surface area contributed by atoms with Gasteiger partial charge in [0, 0.05) is 44.0 Å². The fourth-order valence-electron chi connectivity index (χ4n) is 3.58. The number of fused-ring (bicyclic) bond motifs is 2. The SMILES string of the molecule is Cl.O=C(CC1CC2CCC(C1)N2)NCCCn1cccn1. The van der Waals surface area contributed by atoms with Crippen LogP contribution in [0, 0.1) is 5.92 Å². The molecular formula is C15H25ClN4O. The summed E-state index contributed by atoms with van der Waals surface area (Å²) in [6.07, 6.45) is 10.3. The second kappa shape index (κ2) is 7.80. The number of piperidine rings is 1. The summed E-state index contributed by atoms with van der Waals surface area (Å²) >= 11 is 0. The van der Waals surface area contributed by atoms with Crippen LogP contribution in [0.15, 0.2) is 18.5 Å². The first-order chi connectivity index (χ1) is 9.79. The van der Waals surface area contributed by atoms with Crippen molar-refractivity contribution in [1.29, 1.82) is 0 Å². The maximum Gasteiger partial charge on any atom is 0.220 e. The van der Waals surface area contributed by atoms with Gasteiger partial charge in [0.2, 0.25) is 5.91 Å².